The van der Waals surface area contributed by atoms with Crippen molar-refractivity contribution in [3.63, 3.8) is 0 Å². The Bertz CT molecular complexity index is 872. The number of aromatic nitrogens is 2. The highest BCUT2D eigenvalue weighted by Gasteiger charge is 2.23. The van der Waals surface area contributed by atoms with Crippen LogP contribution in [0.1, 0.15) is 29.7 Å². The molecule has 1 atom stereocenters. The molecule has 2 heterocycles. The van der Waals surface area contributed by atoms with Gasteiger partial charge in [-0.05, 0) is 42.3 Å². The lowest BCUT2D eigenvalue weighted by atomic mass is 10.0. The highest BCUT2D eigenvalue weighted by molar-refractivity contribution is 5.84. The second-order valence-electron chi connectivity index (χ2n) is 6.22. The molecule has 0 bridgehead atoms. The number of rotatable bonds is 9. The minimum absolute atomic E-state index is 0.118. The van der Waals surface area contributed by atoms with E-state index in [-0.39, 0.29) is 5.91 Å². The summed E-state index contributed by atoms with van der Waals surface area (Å²) >= 11 is 0. The number of carbonyl (C=O) groups excluding carboxylic acids is 1. The Morgan fingerprint density at radius 3 is 2.54 bits per heavy atom. The van der Waals surface area contributed by atoms with Gasteiger partial charge in [0.2, 0.25) is 5.91 Å². The molecule has 3 aromatic rings. The van der Waals surface area contributed by atoms with E-state index in [1.165, 1.54) is 0 Å². The number of nitrogens with zero attached hydrogens (tertiary/aromatic N) is 2. The summed E-state index contributed by atoms with van der Waals surface area (Å²) in [4.78, 5) is 21.2. The molecule has 144 valence electrons. The molecule has 28 heavy (non-hydrogen) atoms. The monoisotopic (exact) mass is 376 g/mol. The van der Waals surface area contributed by atoms with Crippen molar-refractivity contribution in [1.29, 1.82) is 0 Å². The van der Waals surface area contributed by atoms with E-state index in [1.807, 2.05) is 55.5 Å². The third-order valence-electron chi connectivity index (χ3n) is 4.24. The average molecular weight is 376 g/mol. The summed E-state index contributed by atoms with van der Waals surface area (Å²) in [7, 11) is 0. The number of para-hydroxylation sites is 1. The molecule has 0 aliphatic heterocycles. The lowest BCUT2D eigenvalue weighted by Crippen LogP contribution is -2.37. The second-order valence-corrected chi connectivity index (χ2v) is 6.22. The number of ether oxygens (including phenoxy) is 1. The summed E-state index contributed by atoms with van der Waals surface area (Å²) in [5.74, 6) is 0.584. The topological polar surface area (TPSA) is 76.1 Å². The average Bonchev–Trinajstić information content (AvgIpc) is 2.75. The number of carbonyl (C=O) groups is 1. The van der Waals surface area contributed by atoms with Crippen LogP contribution in [0.5, 0.6) is 5.75 Å². The van der Waals surface area contributed by atoms with Crippen LogP contribution in [0.25, 0.3) is 0 Å². The van der Waals surface area contributed by atoms with E-state index >= 15 is 0 Å². The summed E-state index contributed by atoms with van der Waals surface area (Å²) in [6.45, 7) is 3.41. The first-order valence-electron chi connectivity index (χ1n) is 9.28. The number of nitrogens with one attached hydrogen (secondary N) is 2. The minimum Gasteiger partial charge on any atom is -0.494 e. The van der Waals surface area contributed by atoms with Gasteiger partial charge in [-0.1, -0.05) is 24.3 Å². The van der Waals surface area contributed by atoms with Gasteiger partial charge in [-0.15, -0.1) is 0 Å². The highest BCUT2D eigenvalue weighted by Crippen LogP contribution is 2.26. The largest absolute Gasteiger partial charge is 0.494 e. The van der Waals surface area contributed by atoms with Gasteiger partial charge in [0, 0.05) is 43.4 Å². The van der Waals surface area contributed by atoms with E-state index < -0.39 is 6.04 Å². The summed E-state index contributed by atoms with van der Waals surface area (Å²) in [6.07, 6.45) is 6.94. The van der Waals surface area contributed by atoms with Crippen molar-refractivity contribution < 1.29 is 9.53 Å². The molecule has 0 fully saturated rings. The van der Waals surface area contributed by atoms with Gasteiger partial charge in [-0.25, -0.2) is 0 Å². The fraction of sp³-hybridized carbons (Fsp3) is 0.227. The molecule has 3 rings (SSSR count). The van der Waals surface area contributed by atoms with Crippen molar-refractivity contribution in [2.75, 3.05) is 6.61 Å². The summed E-state index contributed by atoms with van der Waals surface area (Å²) in [6, 6.07) is 14.7. The number of hydrogen-bond donors (Lipinski definition) is 2. The van der Waals surface area contributed by atoms with Gasteiger partial charge in [0.15, 0.2) is 0 Å². The standard InChI is InChI=1S/C22H24N4O2/c1-2-28-20-8-4-3-7-19(20)21(25-16-18-6-5-11-24-14-18)22(27)26-15-17-9-12-23-13-10-17/h3-14,21,25H,2,15-16H2,1H3,(H,26,27). The molecule has 0 aliphatic rings. The van der Waals surface area contributed by atoms with Gasteiger partial charge >= 0.3 is 0 Å². The number of pyridine rings is 2. The summed E-state index contributed by atoms with van der Waals surface area (Å²) in [5, 5.41) is 6.35. The third-order valence-corrected chi connectivity index (χ3v) is 4.24. The Morgan fingerprint density at radius 1 is 0.964 bits per heavy atom. The maximum Gasteiger partial charge on any atom is 0.242 e. The van der Waals surface area contributed by atoms with E-state index in [2.05, 4.69) is 20.6 Å². The predicted octanol–water partition coefficient (Wildman–Crippen LogP) is 3.02. The first-order chi connectivity index (χ1) is 13.8. The zero-order valence-corrected chi connectivity index (χ0v) is 15.8. The molecule has 2 aromatic heterocycles. The van der Waals surface area contributed by atoms with Gasteiger partial charge in [0.25, 0.3) is 0 Å². The van der Waals surface area contributed by atoms with Crippen molar-refractivity contribution in [2.45, 2.75) is 26.1 Å². The first-order valence-corrected chi connectivity index (χ1v) is 9.28. The summed E-state index contributed by atoms with van der Waals surface area (Å²) < 4.78 is 5.74. The van der Waals surface area contributed by atoms with Crippen molar-refractivity contribution in [1.82, 2.24) is 20.6 Å². The molecular weight excluding hydrogens is 352 g/mol. The lowest BCUT2D eigenvalue weighted by molar-refractivity contribution is -0.123. The molecule has 0 saturated heterocycles. The quantitative estimate of drug-likeness (QED) is 0.600. The van der Waals surface area contributed by atoms with Crippen LogP contribution in [0.2, 0.25) is 0 Å². The molecular formula is C22H24N4O2. The highest BCUT2D eigenvalue weighted by atomic mass is 16.5. The van der Waals surface area contributed by atoms with Crippen LogP contribution in [-0.2, 0) is 17.9 Å². The van der Waals surface area contributed by atoms with E-state index in [0.29, 0.717) is 25.4 Å². The molecule has 0 spiro atoms. The Kier molecular flexibility index (Phi) is 7.09. The maximum absolute atomic E-state index is 13.0. The fourth-order valence-electron chi connectivity index (χ4n) is 2.86. The molecule has 1 aromatic carbocycles. The van der Waals surface area contributed by atoms with Crippen LogP contribution >= 0.6 is 0 Å². The van der Waals surface area contributed by atoms with E-state index in [9.17, 15) is 4.79 Å². The number of hydrogen-bond acceptors (Lipinski definition) is 5. The van der Waals surface area contributed by atoms with Gasteiger partial charge in [-0.2, -0.15) is 0 Å². The van der Waals surface area contributed by atoms with Crippen LogP contribution in [0.15, 0.2) is 73.3 Å². The van der Waals surface area contributed by atoms with Crippen LogP contribution in [0.3, 0.4) is 0 Å². The number of benzene rings is 1. The maximum atomic E-state index is 13.0. The predicted molar refractivity (Wildman–Crippen MR) is 108 cm³/mol. The molecule has 2 N–H and O–H groups in total. The van der Waals surface area contributed by atoms with Crippen LogP contribution in [0.4, 0.5) is 0 Å². The summed E-state index contributed by atoms with van der Waals surface area (Å²) in [5.41, 5.74) is 2.80. The Morgan fingerprint density at radius 2 is 1.79 bits per heavy atom. The van der Waals surface area contributed by atoms with Gasteiger partial charge in [0.1, 0.15) is 11.8 Å². The SMILES string of the molecule is CCOc1ccccc1C(NCc1cccnc1)C(=O)NCc1ccncc1. The molecule has 0 saturated carbocycles. The molecule has 1 unspecified atom stereocenters. The van der Waals surface area contributed by atoms with Crippen molar-refractivity contribution in [2.24, 2.45) is 0 Å². The molecule has 0 radical (unpaired) electrons. The Balaban J connectivity index is 1.78. The van der Waals surface area contributed by atoms with E-state index in [0.717, 1.165) is 16.7 Å². The van der Waals surface area contributed by atoms with Crippen LogP contribution < -0.4 is 15.4 Å². The van der Waals surface area contributed by atoms with E-state index in [1.54, 1.807) is 24.8 Å². The van der Waals surface area contributed by atoms with Crippen LogP contribution in [-0.4, -0.2) is 22.5 Å². The zero-order valence-electron chi connectivity index (χ0n) is 15.8. The Labute approximate surface area is 165 Å². The minimum atomic E-state index is -0.551. The van der Waals surface area contributed by atoms with Crippen molar-refractivity contribution in [3.05, 3.63) is 90.0 Å². The normalized spacial score (nSPS) is 11.6. The molecule has 6 heteroatoms. The molecule has 6 nitrogen and oxygen atoms in total. The van der Waals surface area contributed by atoms with Crippen LogP contribution in [0, 0.1) is 0 Å². The zero-order chi connectivity index (χ0) is 19.6. The lowest BCUT2D eigenvalue weighted by Gasteiger charge is -2.21. The number of amides is 1. The van der Waals surface area contributed by atoms with E-state index in [4.69, 9.17) is 4.74 Å². The van der Waals surface area contributed by atoms with Crippen molar-refractivity contribution >= 4 is 5.91 Å². The fourth-order valence-corrected chi connectivity index (χ4v) is 2.86. The van der Waals surface area contributed by atoms with Gasteiger partial charge < -0.3 is 10.1 Å². The molecule has 1 amide bonds. The Hall–Kier alpha value is -3.25. The smallest absolute Gasteiger partial charge is 0.242 e. The molecule has 0 aliphatic carbocycles. The third kappa shape index (κ3) is 5.37. The van der Waals surface area contributed by atoms with Gasteiger partial charge in [-0.3, -0.25) is 20.1 Å². The van der Waals surface area contributed by atoms with Gasteiger partial charge in [0.05, 0.1) is 6.61 Å². The van der Waals surface area contributed by atoms with Crippen molar-refractivity contribution in [3.8, 4) is 5.75 Å². The first kappa shape index (κ1) is 19.5. The second kappa shape index (κ2) is 10.2.